The van der Waals surface area contributed by atoms with Crippen molar-refractivity contribution in [3.63, 3.8) is 0 Å². The molecule has 0 fully saturated rings. The van der Waals surface area contributed by atoms with Gasteiger partial charge < -0.3 is 24.8 Å². The molecule has 125 valence electrons. The van der Waals surface area contributed by atoms with E-state index < -0.39 is 8.07 Å². The minimum atomic E-state index is -1.19. The summed E-state index contributed by atoms with van der Waals surface area (Å²) in [5, 5.41) is 12.4. The third-order valence-corrected chi connectivity index (χ3v) is 10.6. The van der Waals surface area contributed by atoms with Crippen molar-refractivity contribution in [2.75, 3.05) is 13.2 Å². The minimum absolute atomic E-state index is 0. The number of hydrogen-bond donors (Lipinski definition) is 1. The Labute approximate surface area is 171 Å². The average molecular weight is 458 g/mol. The van der Waals surface area contributed by atoms with Gasteiger partial charge in [-0.15, -0.1) is 0 Å². The van der Waals surface area contributed by atoms with Crippen LogP contribution in [-0.4, -0.2) is 26.4 Å². The zero-order valence-electron chi connectivity index (χ0n) is 13.7. The minimum Gasteiger partial charge on any atom is -1.00 e. The number of ether oxygens (including phenoxy) is 1. The van der Waals surface area contributed by atoms with Crippen LogP contribution in [0.3, 0.4) is 0 Å². The van der Waals surface area contributed by atoms with Crippen LogP contribution in [0.15, 0.2) is 41.3 Å². The van der Waals surface area contributed by atoms with Gasteiger partial charge in [-0.25, -0.2) is 0 Å². The second kappa shape index (κ2) is 7.25. The Balaban J connectivity index is 0.00000104. The average Bonchev–Trinajstić information content (AvgIpc) is 2.86. The topological polar surface area (TPSA) is 29.5 Å². The van der Waals surface area contributed by atoms with Gasteiger partial charge in [0.15, 0.2) is 0 Å². The molecule has 24 heavy (non-hydrogen) atoms. The van der Waals surface area contributed by atoms with Gasteiger partial charge in [-0.3, -0.25) is 0 Å². The molecule has 6 heteroatoms. The SMILES string of the molecule is C[Si]1(C)C2=C1[CH]([Zr+2])c1cccc(C3=CC(OCCO)=CC3)c12.[Cl-].[Cl-]. The van der Waals surface area contributed by atoms with Crippen molar-refractivity contribution in [1.82, 2.24) is 0 Å². The van der Waals surface area contributed by atoms with Gasteiger partial charge in [0, 0.05) is 0 Å². The molecule has 0 spiro atoms. The van der Waals surface area contributed by atoms with Gasteiger partial charge in [-0.2, -0.15) is 0 Å². The van der Waals surface area contributed by atoms with Crippen molar-refractivity contribution in [2.24, 2.45) is 0 Å². The van der Waals surface area contributed by atoms with Gasteiger partial charge in [0.1, 0.15) is 0 Å². The van der Waals surface area contributed by atoms with Gasteiger partial charge in [0.05, 0.1) is 0 Å². The molecule has 1 aliphatic heterocycles. The molecular weight excluding hydrogens is 438 g/mol. The molecule has 0 saturated carbocycles. The fraction of sp³-hybridized carbons (Fsp3) is 0.333. The van der Waals surface area contributed by atoms with E-state index in [1.807, 2.05) is 0 Å². The Bertz CT molecular complexity index is 768. The summed E-state index contributed by atoms with van der Waals surface area (Å²) in [6.45, 7) is 5.42. The molecule has 1 heterocycles. The monoisotopic (exact) mass is 455 g/mol. The van der Waals surface area contributed by atoms with Crippen molar-refractivity contribution >= 4 is 18.8 Å². The predicted octanol–water partition coefficient (Wildman–Crippen LogP) is -2.47. The van der Waals surface area contributed by atoms with Crippen molar-refractivity contribution in [1.29, 1.82) is 0 Å². The zero-order chi connectivity index (χ0) is 15.5. The molecule has 1 unspecified atom stereocenters. The van der Waals surface area contributed by atoms with Crippen LogP contribution < -0.4 is 24.8 Å². The summed E-state index contributed by atoms with van der Waals surface area (Å²) in [4.78, 5) is 0. The van der Waals surface area contributed by atoms with Crippen LogP contribution >= 0.6 is 0 Å². The van der Waals surface area contributed by atoms with Gasteiger partial charge in [0.2, 0.25) is 0 Å². The number of halogens is 2. The van der Waals surface area contributed by atoms with Gasteiger partial charge in [-0.1, -0.05) is 0 Å². The van der Waals surface area contributed by atoms with Crippen molar-refractivity contribution in [3.05, 3.63) is 58.0 Å². The van der Waals surface area contributed by atoms with E-state index in [9.17, 15) is 0 Å². The molecule has 0 aromatic heterocycles. The van der Waals surface area contributed by atoms with E-state index in [4.69, 9.17) is 9.84 Å². The van der Waals surface area contributed by atoms with Crippen LogP contribution in [0.4, 0.5) is 0 Å². The Morgan fingerprint density at radius 2 is 2.04 bits per heavy atom. The van der Waals surface area contributed by atoms with E-state index >= 15 is 0 Å². The van der Waals surface area contributed by atoms with Crippen LogP contribution in [0.2, 0.25) is 13.1 Å². The van der Waals surface area contributed by atoms with Crippen molar-refractivity contribution in [2.45, 2.75) is 23.1 Å². The summed E-state index contributed by atoms with van der Waals surface area (Å²) in [7, 11) is -1.19. The number of fused-ring (bicyclic) bond motifs is 2. The van der Waals surface area contributed by atoms with Gasteiger partial charge >= 0.3 is 148 Å². The fourth-order valence-electron chi connectivity index (χ4n) is 3.91. The zero-order valence-corrected chi connectivity index (χ0v) is 18.7. The first-order valence-corrected chi connectivity index (χ1v) is 12.2. The molecule has 0 radical (unpaired) electrons. The standard InChI is InChI=1S/C18H19O2Si.2ClH.Zr/c1-21(2)16-11-13-4-3-5-15(17(13)18(16)21)12-6-7-14(10-12)20-9-8-19;;;/h3-5,7,10-11,19H,6,8-9H2,1-2H3;2*1H;/q;;;+2/p-2. The quantitative estimate of drug-likeness (QED) is 0.508. The second-order valence-electron chi connectivity index (χ2n) is 6.67. The Morgan fingerprint density at radius 3 is 2.75 bits per heavy atom. The van der Waals surface area contributed by atoms with E-state index in [-0.39, 0.29) is 31.4 Å². The summed E-state index contributed by atoms with van der Waals surface area (Å²) >= 11 is 1.63. The van der Waals surface area contributed by atoms with Crippen LogP contribution in [0, 0.1) is 0 Å². The normalized spacial score (nSPS) is 22.0. The van der Waals surface area contributed by atoms with E-state index in [2.05, 4.69) is 43.4 Å². The van der Waals surface area contributed by atoms with Gasteiger partial charge in [0.25, 0.3) is 0 Å². The number of aliphatic hydroxyl groups is 1. The summed E-state index contributed by atoms with van der Waals surface area (Å²) < 4.78 is 6.27. The molecule has 1 aromatic rings. The fourth-order valence-corrected chi connectivity index (χ4v) is 11.7. The number of aliphatic hydroxyl groups excluding tert-OH is 1. The number of allylic oxidation sites excluding steroid dienone is 4. The van der Waals surface area contributed by atoms with E-state index in [0.29, 0.717) is 10.2 Å². The second-order valence-corrected chi connectivity index (χ2v) is 12.4. The molecule has 0 bridgehead atoms. The Hall–Kier alpha value is -0.120. The molecule has 2 nitrogen and oxygen atoms in total. The molecule has 0 amide bonds. The first-order valence-electron chi connectivity index (χ1n) is 7.80. The van der Waals surface area contributed by atoms with Crippen LogP contribution in [-0.2, 0) is 29.5 Å². The summed E-state index contributed by atoms with van der Waals surface area (Å²) in [6.07, 6.45) is 5.21. The van der Waals surface area contributed by atoms with Crippen molar-refractivity contribution < 1.29 is 59.4 Å². The van der Waals surface area contributed by atoms with Gasteiger partial charge in [-0.05, 0) is 0 Å². The predicted molar refractivity (Wildman–Crippen MR) is 87.3 cm³/mol. The summed E-state index contributed by atoms with van der Waals surface area (Å²) in [6, 6.07) is 6.80. The van der Waals surface area contributed by atoms with E-state index in [0.717, 1.165) is 12.2 Å². The third kappa shape index (κ3) is 2.95. The summed E-state index contributed by atoms with van der Waals surface area (Å²) in [5.74, 6) is 0.903. The molecule has 1 N–H and O–H groups in total. The number of hydrogen-bond acceptors (Lipinski definition) is 2. The molecular formula is C18H19Cl2O2SiZr. The molecule has 2 aliphatic carbocycles. The maximum Gasteiger partial charge on any atom is -1.00 e. The number of benzene rings is 1. The van der Waals surface area contributed by atoms with Crippen LogP contribution in [0.5, 0.6) is 0 Å². The van der Waals surface area contributed by atoms with Crippen LogP contribution in [0.25, 0.3) is 10.8 Å². The number of rotatable bonds is 4. The maximum absolute atomic E-state index is 8.89. The maximum atomic E-state index is 8.89. The van der Waals surface area contributed by atoms with E-state index in [1.54, 1.807) is 46.2 Å². The third-order valence-electron chi connectivity index (χ3n) is 5.00. The molecule has 1 atom stereocenters. The molecule has 1 aromatic carbocycles. The van der Waals surface area contributed by atoms with Crippen LogP contribution in [0.1, 0.15) is 26.7 Å². The first-order chi connectivity index (χ1) is 10.6. The molecule has 0 saturated heterocycles. The largest absolute Gasteiger partial charge is 1.00 e. The Morgan fingerprint density at radius 1 is 1.29 bits per heavy atom. The Kier molecular flexibility index (Phi) is 6.10. The van der Waals surface area contributed by atoms with E-state index in [1.165, 1.54) is 11.1 Å². The molecule has 4 rings (SSSR count). The summed E-state index contributed by atoms with van der Waals surface area (Å²) in [5.41, 5.74) is 5.88. The smallest absolute Gasteiger partial charge is 1.00 e. The molecule has 3 aliphatic rings. The van der Waals surface area contributed by atoms with Crippen molar-refractivity contribution in [3.8, 4) is 0 Å². The first kappa shape index (κ1) is 20.2.